The summed E-state index contributed by atoms with van der Waals surface area (Å²) in [6.45, 7) is 2.97. The Morgan fingerprint density at radius 1 is 1.40 bits per heavy atom. The van der Waals surface area contributed by atoms with Crippen molar-refractivity contribution in [2.75, 3.05) is 18.5 Å². The molecule has 1 aliphatic rings. The molecule has 0 saturated heterocycles. The summed E-state index contributed by atoms with van der Waals surface area (Å²) in [5.41, 5.74) is 4.30. The molecule has 1 aromatic heterocycles. The van der Waals surface area contributed by atoms with Crippen LogP contribution in [-0.4, -0.2) is 23.6 Å². The zero-order valence-electron chi connectivity index (χ0n) is 11.5. The normalized spacial score (nSPS) is 14.2. The molecule has 1 N–H and O–H groups in total. The number of anilines is 1. The Morgan fingerprint density at radius 2 is 2.20 bits per heavy atom. The topological polar surface area (TPSA) is 49.0 Å². The first-order valence-corrected chi connectivity index (χ1v) is 7.75. The molecule has 0 radical (unpaired) electrons. The fourth-order valence-electron chi connectivity index (χ4n) is 2.64. The average molecular weight is 381 g/mol. The van der Waals surface area contributed by atoms with E-state index < -0.39 is 0 Å². The van der Waals surface area contributed by atoms with E-state index in [1.165, 1.54) is 17.7 Å². The minimum Gasteiger partial charge on any atom is -0.374 e. The molecule has 0 bridgehead atoms. The molecule has 2 heterocycles. The molecule has 4 nitrogen and oxygen atoms in total. The van der Waals surface area contributed by atoms with Gasteiger partial charge in [0, 0.05) is 24.8 Å². The third-order valence-electron chi connectivity index (χ3n) is 3.73. The van der Waals surface area contributed by atoms with Crippen molar-refractivity contribution in [3.8, 4) is 11.4 Å². The number of rotatable bonds is 1. The van der Waals surface area contributed by atoms with E-state index in [9.17, 15) is 4.79 Å². The van der Waals surface area contributed by atoms with Crippen molar-refractivity contribution >= 4 is 28.3 Å². The van der Waals surface area contributed by atoms with Gasteiger partial charge < -0.3 is 9.88 Å². The first-order valence-electron chi connectivity index (χ1n) is 6.67. The number of hydrogen-bond donors (Lipinski definition) is 1. The Balaban J connectivity index is 2.10. The number of benzene rings is 1. The lowest BCUT2D eigenvalue weighted by Crippen LogP contribution is -2.24. The van der Waals surface area contributed by atoms with E-state index in [0.717, 1.165) is 24.2 Å². The first kappa shape index (κ1) is 13.6. The van der Waals surface area contributed by atoms with Crippen LogP contribution in [0.5, 0.6) is 0 Å². The molecule has 0 fully saturated rings. The smallest absolute Gasteiger partial charge is 0.264 e. The van der Waals surface area contributed by atoms with Gasteiger partial charge in [-0.05, 0) is 66.1 Å². The summed E-state index contributed by atoms with van der Waals surface area (Å²) in [5.74, 6) is 0.656. The van der Waals surface area contributed by atoms with Crippen LogP contribution in [0.4, 0.5) is 5.69 Å². The molecular weight excluding hydrogens is 365 g/mol. The summed E-state index contributed by atoms with van der Waals surface area (Å²) in [7, 11) is 2.12. The van der Waals surface area contributed by atoms with Crippen LogP contribution >= 0.6 is 22.6 Å². The molecule has 0 atom stereocenters. The van der Waals surface area contributed by atoms with E-state index in [2.05, 4.69) is 34.0 Å². The summed E-state index contributed by atoms with van der Waals surface area (Å²) < 4.78 is 0.657. The lowest BCUT2D eigenvalue weighted by atomic mass is 9.99. The number of nitrogens with one attached hydrogen (secondary N) is 1. The number of fused-ring (bicyclic) bond motifs is 1. The van der Waals surface area contributed by atoms with Crippen LogP contribution in [0.25, 0.3) is 11.4 Å². The minimum absolute atomic E-state index is 0.0667. The molecule has 20 heavy (non-hydrogen) atoms. The molecule has 0 unspecified atom stereocenters. The molecule has 0 spiro atoms. The monoisotopic (exact) mass is 381 g/mol. The van der Waals surface area contributed by atoms with Gasteiger partial charge >= 0.3 is 0 Å². The second kappa shape index (κ2) is 5.20. The Bertz CT molecular complexity index is 724. The highest BCUT2D eigenvalue weighted by Gasteiger charge is 2.15. The zero-order valence-corrected chi connectivity index (χ0v) is 13.7. The fourth-order valence-corrected chi connectivity index (χ4v) is 2.90. The minimum atomic E-state index is -0.0667. The van der Waals surface area contributed by atoms with Crippen LogP contribution in [0.3, 0.4) is 0 Å². The van der Waals surface area contributed by atoms with Gasteiger partial charge in [0.15, 0.2) is 0 Å². The molecule has 3 rings (SSSR count). The Kier molecular flexibility index (Phi) is 3.54. The second-order valence-corrected chi connectivity index (χ2v) is 6.26. The molecule has 1 aliphatic heterocycles. The molecule has 1 aromatic carbocycles. The van der Waals surface area contributed by atoms with Crippen LogP contribution in [0, 0.1) is 10.5 Å². The number of nitrogens with zero attached hydrogens (tertiary/aromatic N) is 2. The van der Waals surface area contributed by atoms with Gasteiger partial charge in [0.2, 0.25) is 0 Å². The highest BCUT2D eigenvalue weighted by molar-refractivity contribution is 14.1. The number of aryl methyl sites for hydroxylation is 2. The van der Waals surface area contributed by atoms with Gasteiger partial charge in [-0.1, -0.05) is 0 Å². The van der Waals surface area contributed by atoms with Crippen molar-refractivity contribution < 1.29 is 0 Å². The van der Waals surface area contributed by atoms with Crippen molar-refractivity contribution in [3.05, 3.63) is 43.4 Å². The lowest BCUT2D eigenvalue weighted by molar-refractivity contribution is 0.744. The van der Waals surface area contributed by atoms with Crippen LogP contribution in [0.2, 0.25) is 0 Å². The quantitative estimate of drug-likeness (QED) is 0.773. The summed E-state index contributed by atoms with van der Waals surface area (Å²) in [6.07, 6.45) is 2.25. The van der Waals surface area contributed by atoms with Gasteiger partial charge in [0.1, 0.15) is 5.82 Å². The Labute approximate surface area is 131 Å². The molecule has 0 aliphatic carbocycles. The summed E-state index contributed by atoms with van der Waals surface area (Å²) in [6, 6.07) is 6.30. The highest BCUT2D eigenvalue weighted by atomic mass is 127. The van der Waals surface area contributed by atoms with Gasteiger partial charge in [-0.25, -0.2) is 4.98 Å². The molecule has 5 heteroatoms. The third-order valence-corrected chi connectivity index (χ3v) is 5.00. The maximum absolute atomic E-state index is 11.9. The average Bonchev–Trinajstić information content (AvgIpc) is 2.44. The Hall–Kier alpha value is -1.37. The van der Waals surface area contributed by atoms with E-state index in [-0.39, 0.29) is 5.56 Å². The maximum atomic E-state index is 11.9. The molecule has 0 saturated carbocycles. The van der Waals surface area contributed by atoms with Crippen LogP contribution in [0.15, 0.2) is 23.0 Å². The number of aromatic nitrogens is 2. The number of hydrogen-bond acceptors (Lipinski definition) is 3. The summed E-state index contributed by atoms with van der Waals surface area (Å²) >= 11 is 2.03. The standard InChI is InChI=1S/C15H16IN3O/c1-9-13(16)15(20)18-14(17-9)11-5-6-12-10(8-11)4-3-7-19(12)2/h5-6,8H,3-4,7H2,1-2H3,(H,17,18,20). The van der Waals surface area contributed by atoms with Gasteiger partial charge in [0.25, 0.3) is 5.56 Å². The number of H-pyrrole nitrogens is 1. The van der Waals surface area contributed by atoms with Crippen molar-refractivity contribution in [2.45, 2.75) is 19.8 Å². The molecule has 0 amide bonds. The summed E-state index contributed by atoms with van der Waals surface area (Å²) in [5, 5.41) is 0. The highest BCUT2D eigenvalue weighted by Crippen LogP contribution is 2.29. The predicted octanol–water partition coefficient (Wildman–Crippen LogP) is 2.73. The van der Waals surface area contributed by atoms with Gasteiger partial charge in [-0.3, -0.25) is 4.79 Å². The second-order valence-electron chi connectivity index (χ2n) is 5.18. The fraction of sp³-hybridized carbons (Fsp3) is 0.333. The molecule has 104 valence electrons. The number of halogens is 1. The van der Waals surface area contributed by atoms with Gasteiger partial charge in [-0.2, -0.15) is 0 Å². The van der Waals surface area contributed by atoms with Gasteiger partial charge in [-0.15, -0.1) is 0 Å². The molecular formula is C15H16IN3O. The largest absolute Gasteiger partial charge is 0.374 e. The van der Waals surface area contributed by atoms with Crippen LogP contribution < -0.4 is 10.5 Å². The van der Waals surface area contributed by atoms with Crippen molar-refractivity contribution in [3.63, 3.8) is 0 Å². The van der Waals surface area contributed by atoms with Crippen LogP contribution in [-0.2, 0) is 6.42 Å². The van der Waals surface area contributed by atoms with E-state index in [4.69, 9.17) is 0 Å². The summed E-state index contributed by atoms with van der Waals surface area (Å²) in [4.78, 5) is 21.5. The first-order chi connectivity index (χ1) is 9.56. The Morgan fingerprint density at radius 3 is 2.95 bits per heavy atom. The maximum Gasteiger partial charge on any atom is 0.264 e. The lowest BCUT2D eigenvalue weighted by Gasteiger charge is -2.27. The third kappa shape index (κ3) is 2.34. The SMILES string of the molecule is Cc1nc(-c2ccc3c(c2)CCCN3C)[nH]c(=O)c1I. The van der Waals surface area contributed by atoms with E-state index in [1.807, 2.05) is 35.6 Å². The van der Waals surface area contributed by atoms with Crippen LogP contribution in [0.1, 0.15) is 17.7 Å². The molecule has 2 aromatic rings. The van der Waals surface area contributed by atoms with Crippen molar-refractivity contribution in [1.29, 1.82) is 0 Å². The van der Waals surface area contributed by atoms with E-state index >= 15 is 0 Å². The van der Waals surface area contributed by atoms with E-state index in [0.29, 0.717) is 9.39 Å². The van der Waals surface area contributed by atoms with Crippen molar-refractivity contribution in [2.24, 2.45) is 0 Å². The van der Waals surface area contributed by atoms with Gasteiger partial charge in [0.05, 0.1) is 9.26 Å². The van der Waals surface area contributed by atoms with Crippen molar-refractivity contribution in [1.82, 2.24) is 9.97 Å². The number of aromatic amines is 1. The van der Waals surface area contributed by atoms with E-state index in [1.54, 1.807) is 0 Å². The zero-order chi connectivity index (χ0) is 14.3. The predicted molar refractivity (Wildman–Crippen MR) is 89.3 cm³/mol.